The van der Waals surface area contributed by atoms with Crippen molar-refractivity contribution >= 4 is 0 Å². The van der Waals surface area contributed by atoms with Crippen molar-refractivity contribution in [2.24, 2.45) is 12.8 Å². The van der Waals surface area contributed by atoms with Gasteiger partial charge in [-0.2, -0.15) is 5.10 Å². The normalized spacial score (nSPS) is 20.3. The van der Waals surface area contributed by atoms with E-state index in [4.69, 9.17) is 5.73 Å². The fourth-order valence-corrected chi connectivity index (χ4v) is 3.53. The van der Waals surface area contributed by atoms with Gasteiger partial charge in [0.1, 0.15) is 0 Å². The first kappa shape index (κ1) is 16.0. The molecule has 1 saturated heterocycles. The molecule has 2 heterocycles. The van der Waals surface area contributed by atoms with E-state index in [0.29, 0.717) is 6.04 Å². The molecular weight excluding hydrogens is 284 g/mol. The maximum Gasteiger partial charge on any atom is 0.0568 e. The van der Waals surface area contributed by atoms with E-state index in [9.17, 15) is 0 Å². The van der Waals surface area contributed by atoms with Gasteiger partial charge in [-0.05, 0) is 36.6 Å². The van der Waals surface area contributed by atoms with Gasteiger partial charge in [-0.25, -0.2) is 0 Å². The zero-order valence-corrected chi connectivity index (χ0v) is 13.9. The molecule has 2 aromatic rings. The molecule has 0 aliphatic carbocycles. The van der Waals surface area contributed by atoms with Crippen LogP contribution in [0.4, 0.5) is 0 Å². The number of aromatic nitrogens is 2. The number of nitrogens with two attached hydrogens (primary N) is 1. The quantitative estimate of drug-likeness (QED) is 0.863. The summed E-state index contributed by atoms with van der Waals surface area (Å²) in [5.74, 6) is 0. The van der Waals surface area contributed by atoms with Gasteiger partial charge in [-0.3, -0.25) is 9.58 Å². The summed E-state index contributed by atoms with van der Waals surface area (Å²) in [7, 11) is 1.94. The molecule has 1 aromatic carbocycles. The second-order valence-corrected chi connectivity index (χ2v) is 6.40. The molecule has 1 aliphatic rings. The van der Waals surface area contributed by atoms with E-state index < -0.39 is 0 Å². The molecule has 0 spiro atoms. The third-order valence-corrected chi connectivity index (χ3v) is 4.75. The summed E-state index contributed by atoms with van der Waals surface area (Å²) in [5.41, 5.74) is 10.2. The van der Waals surface area contributed by atoms with Gasteiger partial charge in [-0.15, -0.1) is 6.58 Å². The van der Waals surface area contributed by atoms with Crippen LogP contribution in [0.2, 0.25) is 0 Å². The van der Waals surface area contributed by atoms with E-state index in [2.05, 4.69) is 40.8 Å². The molecule has 23 heavy (non-hydrogen) atoms. The maximum atomic E-state index is 6.65. The van der Waals surface area contributed by atoms with Crippen LogP contribution in [0, 0.1) is 0 Å². The Morgan fingerprint density at radius 1 is 1.39 bits per heavy atom. The minimum atomic E-state index is 0.0341. The van der Waals surface area contributed by atoms with Gasteiger partial charge in [0.15, 0.2) is 0 Å². The predicted octanol–water partition coefficient (Wildman–Crippen LogP) is 3.13. The molecule has 1 aromatic heterocycles. The summed E-state index contributed by atoms with van der Waals surface area (Å²) < 4.78 is 1.83. The number of aryl methyl sites for hydroxylation is 1. The van der Waals surface area contributed by atoms with E-state index in [1.807, 2.05) is 30.2 Å². The molecule has 4 nitrogen and oxygen atoms in total. The summed E-state index contributed by atoms with van der Waals surface area (Å²) in [6.07, 6.45) is 9.59. The molecule has 2 N–H and O–H groups in total. The molecule has 1 fully saturated rings. The molecular formula is C19H26N4. The highest BCUT2D eigenvalue weighted by atomic mass is 15.2. The van der Waals surface area contributed by atoms with Crippen molar-refractivity contribution in [2.45, 2.75) is 31.3 Å². The topological polar surface area (TPSA) is 47.1 Å². The van der Waals surface area contributed by atoms with E-state index in [-0.39, 0.29) is 6.04 Å². The highest BCUT2D eigenvalue weighted by molar-refractivity contribution is 5.62. The Morgan fingerprint density at radius 3 is 3.00 bits per heavy atom. The number of likely N-dealkylation sites (tertiary alicyclic amines) is 1. The van der Waals surface area contributed by atoms with E-state index in [0.717, 1.165) is 25.1 Å². The van der Waals surface area contributed by atoms with Gasteiger partial charge in [0.25, 0.3) is 0 Å². The standard InChI is InChI=1S/C19H26N4/c1-3-10-23-11-5-4-9-18(23)19(20)16-8-6-7-15(12-16)17-13-21-22(2)14-17/h3,6-8,12-14,18-19H,1,4-5,9-11,20H2,2H3/t18-,19-/m0/s1. The number of hydrogen-bond donors (Lipinski definition) is 1. The highest BCUT2D eigenvalue weighted by Gasteiger charge is 2.28. The minimum Gasteiger partial charge on any atom is -0.323 e. The molecule has 0 amide bonds. The summed E-state index contributed by atoms with van der Waals surface area (Å²) in [6, 6.07) is 9.00. The average molecular weight is 310 g/mol. The van der Waals surface area contributed by atoms with Gasteiger partial charge in [0.05, 0.1) is 6.20 Å². The third-order valence-electron chi connectivity index (χ3n) is 4.75. The lowest BCUT2D eigenvalue weighted by atomic mass is 9.90. The fraction of sp³-hybridized carbons (Fsp3) is 0.421. The van der Waals surface area contributed by atoms with Crippen molar-refractivity contribution in [2.75, 3.05) is 13.1 Å². The molecule has 0 bridgehead atoms. The first-order chi connectivity index (χ1) is 11.2. The lowest BCUT2D eigenvalue weighted by Crippen LogP contribution is -2.45. The molecule has 4 heteroatoms. The van der Waals surface area contributed by atoms with Crippen LogP contribution in [0.15, 0.2) is 49.3 Å². The Labute approximate surface area is 138 Å². The van der Waals surface area contributed by atoms with Gasteiger partial charge >= 0.3 is 0 Å². The average Bonchev–Trinajstić information content (AvgIpc) is 3.02. The number of nitrogens with zero attached hydrogens (tertiary/aromatic N) is 3. The largest absolute Gasteiger partial charge is 0.323 e. The second-order valence-electron chi connectivity index (χ2n) is 6.40. The Kier molecular flexibility index (Phi) is 4.94. The number of hydrogen-bond acceptors (Lipinski definition) is 3. The van der Waals surface area contributed by atoms with Crippen LogP contribution in [0.3, 0.4) is 0 Å². The zero-order valence-electron chi connectivity index (χ0n) is 13.9. The number of piperidine rings is 1. The van der Waals surface area contributed by atoms with Crippen LogP contribution >= 0.6 is 0 Å². The predicted molar refractivity (Wildman–Crippen MR) is 95.0 cm³/mol. The summed E-state index contributed by atoms with van der Waals surface area (Å²) in [4.78, 5) is 2.47. The molecule has 2 atom stereocenters. The van der Waals surface area contributed by atoms with Crippen molar-refractivity contribution < 1.29 is 0 Å². The Balaban J connectivity index is 1.84. The SMILES string of the molecule is C=CCN1CCCC[C@H]1[C@@H](N)c1cccc(-c2cnn(C)c2)c1. The molecule has 0 radical (unpaired) electrons. The highest BCUT2D eigenvalue weighted by Crippen LogP contribution is 2.29. The smallest absolute Gasteiger partial charge is 0.0568 e. The zero-order chi connectivity index (χ0) is 16.2. The van der Waals surface area contributed by atoms with Crippen LogP contribution < -0.4 is 5.73 Å². The lowest BCUT2D eigenvalue weighted by Gasteiger charge is -2.38. The summed E-state index contributed by atoms with van der Waals surface area (Å²) >= 11 is 0. The van der Waals surface area contributed by atoms with Crippen LogP contribution in [0.1, 0.15) is 30.9 Å². The molecule has 0 unspecified atom stereocenters. The van der Waals surface area contributed by atoms with Gasteiger partial charge < -0.3 is 5.73 Å². The van der Waals surface area contributed by atoms with Crippen molar-refractivity contribution in [3.63, 3.8) is 0 Å². The van der Waals surface area contributed by atoms with Crippen LogP contribution in [0.5, 0.6) is 0 Å². The Bertz CT molecular complexity index is 661. The van der Waals surface area contributed by atoms with Crippen molar-refractivity contribution in [1.82, 2.24) is 14.7 Å². The molecule has 122 valence electrons. The Hall–Kier alpha value is -1.91. The summed E-state index contributed by atoms with van der Waals surface area (Å²) in [5, 5.41) is 4.26. The monoisotopic (exact) mass is 310 g/mol. The fourth-order valence-electron chi connectivity index (χ4n) is 3.53. The van der Waals surface area contributed by atoms with Gasteiger partial charge in [-0.1, -0.05) is 30.7 Å². The van der Waals surface area contributed by atoms with E-state index in [1.165, 1.54) is 24.0 Å². The van der Waals surface area contributed by atoms with Gasteiger partial charge in [0.2, 0.25) is 0 Å². The molecule has 1 aliphatic heterocycles. The van der Waals surface area contributed by atoms with E-state index >= 15 is 0 Å². The second kappa shape index (κ2) is 7.11. The minimum absolute atomic E-state index is 0.0341. The van der Waals surface area contributed by atoms with Crippen molar-refractivity contribution in [1.29, 1.82) is 0 Å². The van der Waals surface area contributed by atoms with Crippen LogP contribution in [0.25, 0.3) is 11.1 Å². The van der Waals surface area contributed by atoms with E-state index in [1.54, 1.807) is 0 Å². The first-order valence-electron chi connectivity index (χ1n) is 8.38. The van der Waals surface area contributed by atoms with Crippen LogP contribution in [-0.2, 0) is 7.05 Å². The van der Waals surface area contributed by atoms with Crippen molar-refractivity contribution in [3.05, 3.63) is 54.9 Å². The lowest BCUT2D eigenvalue weighted by molar-refractivity contribution is 0.141. The Morgan fingerprint density at radius 2 is 2.26 bits per heavy atom. The van der Waals surface area contributed by atoms with Crippen molar-refractivity contribution in [3.8, 4) is 11.1 Å². The van der Waals surface area contributed by atoms with Crippen LogP contribution in [-0.4, -0.2) is 33.8 Å². The van der Waals surface area contributed by atoms with Gasteiger partial charge in [0, 0.05) is 37.4 Å². The third kappa shape index (κ3) is 3.54. The molecule has 3 rings (SSSR count). The summed E-state index contributed by atoms with van der Waals surface area (Å²) in [6.45, 7) is 5.92. The maximum absolute atomic E-state index is 6.65. The number of benzene rings is 1. The first-order valence-corrected chi connectivity index (χ1v) is 8.38. The number of rotatable bonds is 5. The molecule has 0 saturated carbocycles.